The molecule has 98 valence electrons. The normalized spacial score (nSPS) is 11.9. The Morgan fingerprint density at radius 3 is 2.28 bits per heavy atom. The molecular weight excluding hydrogens is 248 g/mol. The van der Waals surface area contributed by atoms with Crippen LogP contribution in [0.1, 0.15) is 30.6 Å². The Labute approximate surface area is 112 Å². The molecular formula is C14H18O3S. The van der Waals surface area contributed by atoms with E-state index in [1.54, 1.807) is 30.8 Å². The van der Waals surface area contributed by atoms with Gasteiger partial charge in [-0.3, -0.25) is 9.59 Å². The van der Waals surface area contributed by atoms with Gasteiger partial charge in [0, 0.05) is 10.5 Å². The van der Waals surface area contributed by atoms with Gasteiger partial charge in [-0.05, 0) is 31.7 Å². The Hall–Kier alpha value is -1.29. The fraction of sp³-hybridized carbons (Fsp3) is 0.429. The first-order chi connectivity index (χ1) is 8.63. The van der Waals surface area contributed by atoms with Gasteiger partial charge in [0.25, 0.3) is 0 Å². The number of ketones is 1. The Balaban J connectivity index is 2.85. The van der Waals surface area contributed by atoms with Crippen LogP contribution in [0.5, 0.6) is 0 Å². The van der Waals surface area contributed by atoms with E-state index in [1.807, 2.05) is 25.3 Å². The molecule has 0 N–H and O–H groups in total. The zero-order chi connectivity index (χ0) is 13.5. The van der Waals surface area contributed by atoms with Crippen LogP contribution in [0.4, 0.5) is 0 Å². The number of hydrogen-bond donors (Lipinski definition) is 0. The van der Waals surface area contributed by atoms with Crippen molar-refractivity contribution in [3.8, 4) is 0 Å². The summed E-state index contributed by atoms with van der Waals surface area (Å²) >= 11 is 1.61. The van der Waals surface area contributed by atoms with Crippen LogP contribution in [0.15, 0.2) is 29.2 Å². The molecule has 0 spiro atoms. The lowest BCUT2D eigenvalue weighted by Crippen LogP contribution is -2.25. The molecule has 0 heterocycles. The summed E-state index contributed by atoms with van der Waals surface area (Å²) in [4.78, 5) is 24.9. The molecule has 1 atom stereocenters. The smallest absolute Gasteiger partial charge is 0.316 e. The van der Waals surface area contributed by atoms with Gasteiger partial charge in [0.15, 0.2) is 5.78 Å². The molecule has 4 heteroatoms. The predicted octanol–water partition coefficient (Wildman–Crippen LogP) is 3.18. The van der Waals surface area contributed by atoms with Crippen molar-refractivity contribution in [1.82, 2.24) is 0 Å². The van der Waals surface area contributed by atoms with Gasteiger partial charge in [0.1, 0.15) is 5.92 Å². The standard InChI is InChI=1S/C14H18O3S/c1-4-12(14(16)17-5-2)13(15)10-6-8-11(18-3)9-7-10/h6-9,12H,4-5H2,1-3H3. The van der Waals surface area contributed by atoms with Crippen LogP contribution in [0.3, 0.4) is 0 Å². The first kappa shape index (κ1) is 14.8. The van der Waals surface area contributed by atoms with Gasteiger partial charge in [0.2, 0.25) is 0 Å². The summed E-state index contributed by atoms with van der Waals surface area (Å²) in [5, 5.41) is 0. The zero-order valence-electron chi connectivity index (χ0n) is 10.9. The van der Waals surface area contributed by atoms with Gasteiger partial charge in [-0.25, -0.2) is 0 Å². The highest BCUT2D eigenvalue weighted by atomic mass is 32.2. The third-order valence-corrected chi connectivity index (χ3v) is 3.41. The van der Waals surface area contributed by atoms with Crippen molar-refractivity contribution >= 4 is 23.5 Å². The monoisotopic (exact) mass is 266 g/mol. The van der Waals surface area contributed by atoms with Crippen LogP contribution in [0.25, 0.3) is 0 Å². The minimum Gasteiger partial charge on any atom is -0.465 e. The molecule has 1 aromatic carbocycles. The van der Waals surface area contributed by atoms with E-state index in [4.69, 9.17) is 4.74 Å². The molecule has 0 bridgehead atoms. The molecule has 0 aliphatic carbocycles. The average molecular weight is 266 g/mol. The number of rotatable bonds is 6. The summed E-state index contributed by atoms with van der Waals surface area (Å²) in [7, 11) is 0. The molecule has 1 unspecified atom stereocenters. The summed E-state index contributed by atoms with van der Waals surface area (Å²) in [5.74, 6) is -1.28. The number of carbonyl (C=O) groups excluding carboxylic acids is 2. The van der Waals surface area contributed by atoms with Crippen molar-refractivity contribution in [1.29, 1.82) is 0 Å². The molecule has 0 radical (unpaired) electrons. The lowest BCUT2D eigenvalue weighted by Gasteiger charge is -2.12. The fourth-order valence-corrected chi connectivity index (χ4v) is 2.07. The summed E-state index contributed by atoms with van der Waals surface area (Å²) in [6.45, 7) is 3.85. The predicted molar refractivity (Wildman–Crippen MR) is 73.0 cm³/mol. The maximum absolute atomic E-state index is 12.2. The highest BCUT2D eigenvalue weighted by molar-refractivity contribution is 7.98. The van der Waals surface area contributed by atoms with E-state index in [9.17, 15) is 9.59 Å². The molecule has 18 heavy (non-hydrogen) atoms. The van der Waals surface area contributed by atoms with E-state index in [0.29, 0.717) is 18.6 Å². The van der Waals surface area contributed by atoms with E-state index in [-0.39, 0.29) is 5.78 Å². The minimum atomic E-state index is -0.690. The molecule has 0 fully saturated rings. The van der Waals surface area contributed by atoms with Gasteiger partial charge < -0.3 is 4.74 Å². The topological polar surface area (TPSA) is 43.4 Å². The van der Waals surface area contributed by atoms with Crippen molar-refractivity contribution < 1.29 is 14.3 Å². The number of Topliss-reactive ketones (excluding diaryl/α,β-unsaturated/α-hetero) is 1. The van der Waals surface area contributed by atoms with E-state index >= 15 is 0 Å². The summed E-state index contributed by atoms with van der Waals surface area (Å²) in [6, 6.07) is 7.29. The lowest BCUT2D eigenvalue weighted by molar-refractivity contribution is -0.146. The fourth-order valence-electron chi connectivity index (χ4n) is 1.66. The Morgan fingerprint density at radius 2 is 1.83 bits per heavy atom. The first-order valence-electron chi connectivity index (χ1n) is 5.98. The summed E-state index contributed by atoms with van der Waals surface area (Å²) < 4.78 is 4.92. The van der Waals surface area contributed by atoms with Crippen LogP contribution < -0.4 is 0 Å². The number of esters is 1. The summed E-state index contributed by atoms with van der Waals surface area (Å²) in [5.41, 5.74) is 0.563. The van der Waals surface area contributed by atoms with Gasteiger partial charge in [0.05, 0.1) is 6.61 Å². The van der Waals surface area contributed by atoms with Crippen LogP contribution in [0.2, 0.25) is 0 Å². The van der Waals surface area contributed by atoms with E-state index in [1.165, 1.54) is 0 Å². The number of benzene rings is 1. The van der Waals surface area contributed by atoms with Crippen molar-refractivity contribution in [2.24, 2.45) is 5.92 Å². The molecule has 1 rings (SSSR count). The average Bonchev–Trinajstić information content (AvgIpc) is 2.40. The number of hydrogen-bond acceptors (Lipinski definition) is 4. The quantitative estimate of drug-likeness (QED) is 0.343. The molecule has 0 saturated heterocycles. The largest absolute Gasteiger partial charge is 0.465 e. The second-order valence-electron chi connectivity index (χ2n) is 3.81. The lowest BCUT2D eigenvalue weighted by atomic mass is 9.95. The van der Waals surface area contributed by atoms with E-state index in [0.717, 1.165) is 4.90 Å². The zero-order valence-corrected chi connectivity index (χ0v) is 11.8. The molecule has 0 aliphatic rings. The minimum absolute atomic E-state index is 0.163. The van der Waals surface area contributed by atoms with Gasteiger partial charge in [-0.2, -0.15) is 0 Å². The van der Waals surface area contributed by atoms with Crippen molar-refractivity contribution in [3.05, 3.63) is 29.8 Å². The third kappa shape index (κ3) is 3.60. The molecule has 3 nitrogen and oxygen atoms in total. The Morgan fingerprint density at radius 1 is 1.22 bits per heavy atom. The SMILES string of the molecule is CCOC(=O)C(CC)C(=O)c1ccc(SC)cc1. The van der Waals surface area contributed by atoms with Gasteiger partial charge >= 0.3 is 5.97 Å². The van der Waals surface area contributed by atoms with Crippen molar-refractivity contribution in [3.63, 3.8) is 0 Å². The maximum Gasteiger partial charge on any atom is 0.316 e. The third-order valence-electron chi connectivity index (χ3n) is 2.67. The van der Waals surface area contributed by atoms with Crippen LogP contribution in [-0.2, 0) is 9.53 Å². The van der Waals surface area contributed by atoms with Gasteiger partial charge in [-0.15, -0.1) is 11.8 Å². The highest BCUT2D eigenvalue weighted by Crippen LogP contribution is 2.19. The second-order valence-corrected chi connectivity index (χ2v) is 4.69. The Kier molecular flexibility index (Phi) is 5.92. The van der Waals surface area contributed by atoms with Crippen LogP contribution in [-0.4, -0.2) is 24.6 Å². The number of carbonyl (C=O) groups is 2. The van der Waals surface area contributed by atoms with E-state index in [2.05, 4.69) is 0 Å². The maximum atomic E-state index is 12.2. The van der Waals surface area contributed by atoms with Crippen LogP contribution >= 0.6 is 11.8 Å². The van der Waals surface area contributed by atoms with Crippen molar-refractivity contribution in [2.75, 3.05) is 12.9 Å². The second kappa shape index (κ2) is 7.21. The Bertz CT molecular complexity index is 412. The van der Waals surface area contributed by atoms with Crippen LogP contribution in [0, 0.1) is 5.92 Å². The molecule has 0 saturated carbocycles. The number of thioether (sulfide) groups is 1. The molecule has 0 aromatic heterocycles. The number of ether oxygens (including phenoxy) is 1. The molecule has 1 aromatic rings. The first-order valence-corrected chi connectivity index (χ1v) is 7.21. The van der Waals surface area contributed by atoms with E-state index < -0.39 is 11.9 Å². The van der Waals surface area contributed by atoms with Crippen molar-refractivity contribution in [2.45, 2.75) is 25.2 Å². The van der Waals surface area contributed by atoms with Gasteiger partial charge in [-0.1, -0.05) is 19.1 Å². The summed E-state index contributed by atoms with van der Waals surface area (Å²) in [6.07, 6.45) is 2.44. The molecule has 0 aliphatic heterocycles. The molecule has 0 amide bonds. The highest BCUT2D eigenvalue weighted by Gasteiger charge is 2.26.